The Hall–Kier alpha value is -1.10. The molecule has 0 rings (SSSR count). The highest BCUT2D eigenvalue weighted by molar-refractivity contribution is 5.80. The summed E-state index contributed by atoms with van der Waals surface area (Å²) in [7, 11) is 0. The first-order valence-electron chi connectivity index (χ1n) is 6.21. The Morgan fingerprint density at radius 2 is 1.72 bits per heavy atom. The third kappa shape index (κ3) is 6.00. The van der Waals surface area contributed by atoms with E-state index < -0.39 is 11.4 Å². The molecule has 4 N–H and O–H groups in total. The van der Waals surface area contributed by atoms with Crippen molar-refractivity contribution >= 4 is 11.9 Å². The Labute approximate surface area is 109 Å². The van der Waals surface area contributed by atoms with Crippen LogP contribution in [0.15, 0.2) is 0 Å². The van der Waals surface area contributed by atoms with Crippen molar-refractivity contribution in [3.63, 3.8) is 0 Å². The van der Waals surface area contributed by atoms with Crippen molar-refractivity contribution in [3.05, 3.63) is 0 Å². The van der Waals surface area contributed by atoms with Crippen LogP contribution in [-0.2, 0) is 9.59 Å². The van der Waals surface area contributed by atoms with E-state index in [4.69, 9.17) is 10.8 Å². The highest BCUT2D eigenvalue weighted by Gasteiger charge is 2.29. The molecule has 0 heterocycles. The minimum atomic E-state index is -0.962. The molecule has 0 aromatic carbocycles. The SMILES string of the molecule is CC(C)(C)CC(CN)C(=O)NCC(C)(C)C(=O)O. The number of rotatable bonds is 6. The fraction of sp³-hybridized carbons (Fsp3) is 0.846. The quantitative estimate of drug-likeness (QED) is 0.668. The number of amides is 1. The Kier molecular flexibility index (Phi) is 5.80. The topological polar surface area (TPSA) is 92.4 Å². The van der Waals surface area contributed by atoms with E-state index in [0.29, 0.717) is 6.42 Å². The second-order valence-electron chi connectivity index (χ2n) is 6.60. The number of carbonyl (C=O) groups is 2. The normalized spacial score (nSPS) is 14.1. The number of carbonyl (C=O) groups excluding carboxylic acids is 1. The van der Waals surface area contributed by atoms with E-state index in [9.17, 15) is 9.59 Å². The van der Waals surface area contributed by atoms with Crippen LogP contribution in [0.2, 0.25) is 0 Å². The molecule has 106 valence electrons. The van der Waals surface area contributed by atoms with E-state index in [1.54, 1.807) is 13.8 Å². The molecular formula is C13H26N2O3. The second kappa shape index (κ2) is 6.18. The Morgan fingerprint density at radius 1 is 1.22 bits per heavy atom. The summed E-state index contributed by atoms with van der Waals surface area (Å²) in [5.74, 6) is -1.36. The Morgan fingerprint density at radius 3 is 2.06 bits per heavy atom. The molecule has 1 unspecified atom stereocenters. The highest BCUT2D eigenvalue weighted by Crippen LogP contribution is 2.24. The fourth-order valence-electron chi connectivity index (χ4n) is 1.55. The summed E-state index contributed by atoms with van der Waals surface area (Å²) in [6.07, 6.45) is 0.683. The van der Waals surface area contributed by atoms with Crippen molar-refractivity contribution < 1.29 is 14.7 Å². The van der Waals surface area contributed by atoms with Crippen molar-refractivity contribution in [3.8, 4) is 0 Å². The van der Waals surface area contributed by atoms with Gasteiger partial charge < -0.3 is 16.2 Å². The molecule has 0 radical (unpaired) electrons. The minimum Gasteiger partial charge on any atom is -0.481 e. The maximum Gasteiger partial charge on any atom is 0.310 e. The first-order chi connectivity index (χ1) is 7.99. The van der Waals surface area contributed by atoms with Crippen molar-refractivity contribution in [2.45, 2.75) is 41.0 Å². The zero-order valence-corrected chi connectivity index (χ0v) is 12.0. The van der Waals surface area contributed by atoms with Gasteiger partial charge in [-0.2, -0.15) is 0 Å². The van der Waals surface area contributed by atoms with Gasteiger partial charge in [-0.25, -0.2) is 0 Å². The number of carboxylic acid groups (broad SMARTS) is 1. The minimum absolute atomic E-state index is 0.0176. The Balaban J connectivity index is 4.43. The summed E-state index contributed by atoms with van der Waals surface area (Å²) in [5.41, 5.74) is 4.66. The van der Waals surface area contributed by atoms with Crippen LogP contribution in [0.4, 0.5) is 0 Å². The van der Waals surface area contributed by atoms with E-state index in [-0.39, 0.29) is 30.3 Å². The van der Waals surface area contributed by atoms with Gasteiger partial charge in [0.2, 0.25) is 5.91 Å². The van der Waals surface area contributed by atoms with E-state index >= 15 is 0 Å². The zero-order valence-electron chi connectivity index (χ0n) is 12.0. The van der Waals surface area contributed by atoms with E-state index in [1.165, 1.54) is 0 Å². The molecule has 5 nitrogen and oxygen atoms in total. The van der Waals surface area contributed by atoms with Gasteiger partial charge in [0.25, 0.3) is 0 Å². The number of nitrogens with one attached hydrogen (secondary N) is 1. The van der Waals surface area contributed by atoms with Gasteiger partial charge in [0.15, 0.2) is 0 Å². The molecule has 0 aromatic heterocycles. The summed E-state index contributed by atoms with van der Waals surface area (Å²) in [6, 6.07) is 0. The van der Waals surface area contributed by atoms with Gasteiger partial charge in [0.05, 0.1) is 11.3 Å². The molecule has 0 aliphatic rings. The first kappa shape index (κ1) is 16.9. The number of hydrogen-bond acceptors (Lipinski definition) is 3. The standard InChI is InChI=1S/C13H26N2O3/c1-12(2,3)6-9(7-14)10(16)15-8-13(4,5)11(17)18/h9H,6-8,14H2,1-5H3,(H,15,16)(H,17,18). The smallest absolute Gasteiger partial charge is 0.310 e. The van der Waals surface area contributed by atoms with Crippen LogP contribution in [0.5, 0.6) is 0 Å². The lowest BCUT2D eigenvalue weighted by molar-refractivity contribution is -0.146. The van der Waals surface area contributed by atoms with Crippen molar-refractivity contribution in [1.29, 1.82) is 0 Å². The van der Waals surface area contributed by atoms with Crippen molar-refractivity contribution in [2.24, 2.45) is 22.5 Å². The number of hydrogen-bond donors (Lipinski definition) is 3. The molecule has 1 atom stereocenters. The molecule has 1 amide bonds. The molecule has 5 heteroatoms. The molecule has 0 saturated carbocycles. The molecule has 0 bridgehead atoms. The highest BCUT2D eigenvalue weighted by atomic mass is 16.4. The van der Waals surface area contributed by atoms with Gasteiger partial charge in [-0.05, 0) is 25.7 Å². The summed E-state index contributed by atoms with van der Waals surface area (Å²) >= 11 is 0. The van der Waals surface area contributed by atoms with Gasteiger partial charge in [0, 0.05) is 13.1 Å². The monoisotopic (exact) mass is 258 g/mol. The Bertz CT molecular complexity index is 306. The lowest BCUT2D eigenvalue weighted by atomic mass is 9.84. The van der Waals surface area contributed by atoms with Crippen LogP contribution in [0.3, 0.4) is 0 Å². The number of carboxylic acids is 1. The largest absolute Gasteiger partial charge is 0.481 e. The maximum absolute atomic E-state index is 11.9. The average Bonchev–Trinajstić information content (AvgIpc) is 2.21. The second-order valence-corrected chi connectivity index (χ2v) is 6.60. The zero-order chi connectivity index (χ0) is 14.6. The molecule has 0 aliphatic carbocycles. The molecule has 0 saturated heterocycles. The predicted octanol–water partition coefficient (Wildman–Crippen LogP) is 1.22. The van der Waals surface area contributed by atoms with E-state index in [1.807, 2.05) is 20.8 Å². The number of nitrogens with two attached hydrogens (primary N) is 1. The van der Waals surface area contributed by atoms with Gasteiger partial charge in [0.1, 0.15) is 0 Å². The molecule has 0 aromatic rings. The lowest BCUT2D eigenvalue weighted by Crippen LogP contribution is -2.43. The molecule has 0 aliphatic heterocycles. The van der Waals surface area contributed by atoms with Crippen molar-refractivity contribution in [1.82, 2.24) is 5.32 Å². The average molecular weight is 258 g/mol. The third-order valence-electron chi connectivity index (χ3n) is 2.80. The van der Waals surface area contributed by atoms with Gasteiger partial charge in [-0.3, -0.25) is 9.59 Å². The molecule has 0 fully saturated rings. The summed E-state index contributed by atoms with van der Waals surface area (Å²) in [6.45, 7) is 9.68. The lowest BCUT2D eigenvalue weighted by Gasteiger charge is -2.26. The van der Waals surface area contributed by atoms with Gasteiger partial charge in [-0.1, -0.05) is 20.8 Å². The van der Waals surface area contributed by atoms with Crippen molar-refractivity contribution in [2.75, 3.05) is 13.1 Å². The van der Waals surface area contributed by atoms with E-state index in [2.05, 4.69) is 5.32 Å². The fourth-order valence-corrected chi connectivity index (χ4v) is 1.55. The number of aliphatic carboxylic acids is 1. The van der Waals surface area contributed by atoms with E-state index in [0.717, 1.165) is 0 Å². The predicted molar refractivity (Wildman–Crippen MR) is 71.0 cm³/mol. The van der Waals surface area contributed by atoms with Gasteiger partial charge >= 0.3 is 5.97 Å². The first-order valence-corrected chi connectivity index (χ1v) is 6.21. The summed E-state index contributed by atoms with van der Waals surface area (Å²) < 4.78 is 0. The van der Waals surface area contributed by atoms with Crippen LogP contribution in [-0.4, -0.2) is 30.1 Å². The summed E-state index contributed by atoms with van der Waals surface area (Å²) in [5, 5.41) is 11.6. The molecule has 0 spiro atoms. The summed E-state index contributed by atoms with van der Waals surface area (Å²) in [4.78, 5) is 22.9. The van der Waals surface area contributed by atoms with Crippen LogP contribution in [0, 0.1) is 16.7 Å². The van der Waals surface area contributed by atoms with Crippen LogP contribution in [0.25, 0.3) is 0 Å². The third-order valence-corrected chi connectivity index (χ3v) is 2.80. The van der Waals surface area contributed by atoms with Crippen LogP contribution < -0.4 is 11.1 Å². The van der Waals surface area contributed by atoms with Gasteiger partial charge in [-0.15, -0.1) is 0 Å². The van der Waals surface area contributed by atoms with Crippen LogP contribution >= 0.6 is 0 Å². The molecule has 18 heavy (non-hydrogen) atoms. The maximum atomic E-state index is 11.9. The molecular weight excluding hydrogens is 232 g/mol. The van der Waals surface area contributed by atoms with Crippen LogP contribution in [0.1, 0.15) is 41.0 Å².